The molecule has 0 bridgehead atoms. The number of benzene rings is 2. The molecule has 0 radical (unpaired) electrons. The van der Waals surface area contributed by atoms with E-state index in [0.717, 1.165) is 5.56 Å². The van der Waals surface area contributed by atoms with Crippen molar-refractivity contribution in [2.75, 3.05) is 0 Å². The van der Waals surface area contributed by atoms with E-state index in [4.69, 9.17) is 0 Å². The highest BCUT2D eigenvalue weighted by Gasteiger charge is 2.21. The third-order valence-electron chi connectivity index (χ3n) is 4.21. The van der Waals surface area contributed by atoms with Gasteiger partial charge in [0.1, 0.15) is 17.1 Å². The third kappa shape index (κ3) is 3.37. The number of amides is 1. The molecular formula is C21H17FN4O. The van der Waals surface area contributed by atoms with Gasteiger partial charge in [0, 0.05) is 18.9 Å². The Balaban J connectivity index is 1.71. The van der Waals surface area contributed by atoms with Gasteiger partial charge in [-0.15, -0.1) is 0 Å². The van der Waals surface area contributed by atoms with Crippen LogP contribution in [0.1, 0.15) is 15.9 Å². The molecular weight excluding hydrogens is 343 g/mol. The fourth-order valence-electron chi connectivity index (χ4n) is 2.90. The molecule has 4 rings (SSSR count). The summed E-state index contributed by atoms with van der Waals surface area (Å²) in [6, 6.07) is 19.7. The van der Waals surface area contributed by atoms with Crippen LogP contribution in [-0.4, -0.2) is 20.3 Å². The number of halogens is 1. The minimum absolute atomic E-state index is 0.273. The summed E-state index contributed by atoms with van der Waals surface area (Å²) >= 11 is 0. The lowest BCUT2D eigenvalue weighted by Gasteiger charge is -2.12. The summed E-state index contributed by atoms with van der Waals surface area (Å²) in [5.74, 6) is -0.203. The van der Waals surface area contributed by atoms with Crippen LogP contribution >= 0.6 is 0 Å². The summed E-state index contributed by atoms with van der Waals surface area (Å²) in [5, 5.41) is 7.17. The lowest BCUT2D eigenvalue weighted by atomic mass is 10.2. The van der Waals surface area contributed by atoms with Crippen molar-refractivity contribution in [3.8, 4) is 11.5 Å². The van der Waals surface area contributed by atoms with Crippen LogP contribution in [0.25, 0.3) is 11.5 Å². The number of nitrogens with one attached hydrogen (secondary N) is 1. The summed E-state index contributed by atoms with van der Waals surface area (Å²) in [6.45, 7) is 0.398. The standard InChI is InChI=1S/C21H17FN4O/c22-18-10-4-5-11-19(18)26-21(25-12-6-7-13-25)17(15-24-26)20(27)23-14-16-8-2-1-3-9-16/h1-13,15H,14H2,(H,23,27). The highest BCUT2D eigenvalue weighted by molar-refractivity contribution is 5.97. The summed E-state index contributed by atoms with van der Waals surface area (Å²) < 4.78 is 17.5. The Morgan fingerprint density at radius 1 is 0.963 bits per heavy atom. The van der Waals surface area contributed by atoms with Crippen molar-refractivity contribution in [1.82, 2.24) is 19.7 Å². The van der Waals surface area contributed by atoms with Crippen LogP contribution in [0.5, 0.6) is 0 Å². The van der Waals surface area contributed by atoms with Gasteiger partial charge in [0.25, 0.3) is 5.91 Å². The number of aromatic nitrogens is 3. The van der Waals surface area contributed by atoms with E-state index in [2.05, 4.69) is 10.4 Å². The topological polar surface area (TPSA) is 51.9 Å². The van der Waals surface area contributed by atoms with Crippen molar-refractivity contribution in [3.05, 3.63) is 102 Å². The minimum Gasteiger partial charge on any atom is -0.348 e. The molecule has 0 unspecified atom stereocenters. The summed E-state index contributed by atoms with van der Waals surface area (Å²) in [4.78, 5) is 12.8. The molecule has 0 spiro atoms. The molecule has 5 nitrogen and oxygen atoms in total. The molecule has 0 saturated carbocycles. The zero-order valence-electron chi connectivity index (χ0n) is 14.4. The maximum absolute atomic E-state index is 14.3. The van der Waals surface area contributed by atoms with Crippen LogP contribution in [0.3, 0.4) is 0 Å². The van der Waals surface area contributed by atoms with Gasteiger partial charge in [-0.05, 0) is 29.8 Å². The molecule has 0 saturated heterocycles. The van der Waals surface area contributed by atoms with Gasteiger partial charge < -0.3 is 9.88 Å². The number of hydrogen-bond acceptors (Lipinski definition) is 2. The van der Waals surface area contributed by atoms with Crippen LogP contribution in [0, 0.1) is 5.82 Å². The molecule has 2 aromatic heterocycles. The smallest absolute Gasteiger partial charge is 0.256 e. The van der Waals surface area contributed by atoms with E-state index in [1.54, 1.807) is 35.2 Å². The molecule has 0 aliphatic rings. The molecule has 0 fully saturated rings. The van der Waals surface area contributed by atoms with E-state index < -0.39 is 5.82 Å². The SMILES string of the molecule is O=C(NCc1ccccc1)c1cnn(-c2ccccc2F)c1-n1cccc1. The molecule has 0 atom stereocenters. The van der Waals surface area contributed by atoms with Crippen LogP contribution < -0.4 is 5.32 Å². The quantitative estimate of drug-likeness (QED) is 0.590. The Kier molecular flexibility index (Phi) is 4.53. The second-order valence-corrected chi connectivity index (χ2v) is 6.00. The molecule has 0 aliphatic heterocycles. The molecule has 27 heavy (non-hydrogen) atoms. The van der Waals surface area contributed by atoms with Gasteiger partial charge in [-0.2, -0.15) is 5.10 Å². The Morgan fingerprint density at radius 2 is 1.67 bits per heavy atom. The van der Waals surface area contributed by atoms with Gasteiger partial charge in [-0.3, -0.25) is 4.79 Å². The van der Waals surface area contributed by atoms with Crippen LogP contribution in [0.15, 0.2) is 85.3 Å². The highest BCUT2D eigenvalue weighted by atomic mass is 19.1. The zero-order valence-corrected chi connectivity index (χ0v) is 14.4. The molecule has 134 valence electrons. The Labute approximate surface area is 155 Å². The first-order valence-electron chi connectivity index (χ1n) is 8.52. The Morgan fingerprint density at radius 3 is 2.41 bits per heavy atom. The van der Waals surface area contributed by atoms with Gasteiger partial charge in [0.2, 0.25) is 0 Å². The average molecular weight is 360 g/mol. The number of carbonyl (C=O) groups excluding carboxylic acids is 1. The van der Waals surface area contributed by atoms with Crippen molar-refractivity contribution in [3.63, 3.8) is 0 Å². The second-order valence-electron chi connectivity index (χ2n) is 6.00. The van der Waals surface area contributed by atoms with Gasteiger partial charge in [0.05, 0.1) is 6.20 Å². The number of hydrogen-bond donors (Lipinski definition) is 1. The zero-order chi connectivity index (χ0) is 18.6. The number of nitrogens with zero attached hydrogens (tertiary/aromatic N) is 3. The monoisotopic (exact) mass is 360 g/mol. The maximum atomic E-state index is 14.3. The van der Waals surface area contributed by atoms with E-state index in [9.17, 15) is 9.18 Å². The second kappa shape index (κ2) is 7.29. The van der Waals surface area contributed by atoms with Crippen molar-refractivity contribution in [2.24, 2.45) is 0 Å². The molecule has 1 amide bonds. The van der Waals surface area contributed by atoms with Crippen molar-refractivity contribution in [2.45, 2.75) is 6.54 Å². The van der Waals surface area contributed by atoms with Crippen LogP contribution in [0.2, 0.25) is 0 Å². The van der Waals surface area contributed by atoms with E-state index in [-0.39, 0.29) is 11.6 Å². The summed E-state index contributed by atoms with van der Waals surface area (Å²) in [6.07, 6.45) is 5.05. The van der Waals surface area contributed by atoms with E-state index in [1.165, 1.54) is 16.9 Å². The minimum atomic E-state index is -0.412. The fourth-order valence-corrected chi connectivity index (χ4v) is 2.90. The number of carbonyl (C=O) groups is 1. The Hall–Kier alpha value is -3.67. The van der Waals surface area contributed by atoms with Crippen molar-refractivity contribution >= 4 is 5.91 Å². The summed E-state index contributed by atoms with van der Waals surface area (Å²) in [5.41, 5.74) is 1.64. The van der Waals surface area contributed by atoms with Gasteiger partial charge in [-0.1, -0.05) is 42.5 Å². The third-order valence-corrected chi connectivity index (χ3v) is 4.21. The van der Waals surface area contributed by atoms with Gasteiger partial charge >= 0.3 is 0 Å². The van der Waals surface area contributed by atoms with Crippen LogP contribution in [-0.2, 0) is 6.54 Å². The van der Waals surface area contributed by atoms with Crippen molar-refractivity contribution in [1.29, 1.82) is 0 Å². The lowest BCUT2D eigenvalue weighted by molar-refractivity contribution is 0.0951. The van der Waals surface area contributed by atoms with Crippen molar-refractivity contribution < 1.29 is 9.18 Å². The van der Waals surface area contributed by atoms with Gasteiger partial charge in [-0.25, -0.2) is 9.07 Å². The van der Waals surface area contributed by atoms with Gasteiger partial charge in [0.15, 0.2) is 5.82 Å². The van der Waals surface area contributed by atoms with E-state index >= 15 is 0 Å². The van der Waals surface area contributed by atoms with E-state index in [1.807, 2.05) is 42.5 Å². The molecule has 1 N–H and O–H groups in total. The highest BCUT2D eigenvalue weighted by Crippen LogP contribution is 2.21. The predicted molar refractivity (Wildman–Crippen MR) is 100 cm³/mol. The largest absolute Gasteiger partial charge is 0.348 e. The number of rotatable bonds is 5. The lowest BCUT2D eigenvalue weighted by Crippen LogP contribution is -2.24. The normalized spacial score (nSPS) is 10.7. The molecule has 2 aromatic carbocycles. The van der Waals surface area contributed by atoms with Crippen LogP contribution in [0.4, 0.5) is 4.39 Å². The molecule has 4 aromatic rings. The average Bonchev–Trinajstić information content (AvgIpc) is 3.36. The Bertz CT molecular complexity index is 1060. The summed E-state index contributed by atoms with van der Waals surface area (Å²) in [7, 11) is 0. The molecule has 2 heterocycles. The first kappa shape index (κ1) is 16.8. The first-order valence-corrected chi connectivity index (χ1v) is 8.52. The molecule has 6 heteroatoms. The number of para-hydroxylation sites is 1. The first-order chi connectivity index (χ1) is 13.2. The van der Waals surface area contributed by atoms with E-state index in [0.29, 0.717) is 17.9 Å². The maximum Gasteiger partial charge on any atom is 0.256 e. The molecule has 0 aliphatic carbocycles. The predicted octanol–water partition coefficient (Wildman–Crippen LogP) is 3.73. The fraction of sp³-hybridized carbons (Fsp3) is 0.0476.